The summed E-state index contributed by atoms with van der Waals surface area (Å²) >= 11 is 9.98. The quantitative estimate of drug-likeness (QED) is 0.365. The van der Waals surface area contributed by atoms with Crippen molar-refractivity contribution >= 4 is 39.3 Å². The van der Waals surface area contributed by atoms with Crippen LogP contribution in [0.3, 0.4) is 0 Å². The average molecular weight is 621 g/mol. The largest absolute Gasteiger partial charge is 0.353 e. The number of rotatable bonds is 7. The summed E-state index contributed by atoms with van der Waals surface area (Å²) in [4.78, 5) is 24.1. The zero-order valence-corrected chi connectivity index (χ0v) is 23.9. The van der Waals surface area contributed by atoms with Crippen LogP contribution in [-0.4, -0.2) is 66.0 Å². The zero-order valence-electron chi connectivity index (χ0n) is 21.6. The fourth-order valence-corrected chi connectivity index (χ4v) is 5.86. The van der Waals surface area contributed by atoms with Gasteiger partial charge >= 0.3 is 0 Å². The molecule has 2 aliphatic heterocycles. The molecule has 0 bridgehead atoms. The Bertz CT molecular complexity index is 1300. The number of anilines is 1. The maximum absolute atomic E-state index is 14.0. The second-order valence-corrected chi connectivity index (χ2v) is 11.4. The molecule has 0 saturated carbocycles. The normalized spacial score (nSPS) is 17.4. The summed E-state index contributed by atoms with van der Waals surface area (Å²) in [5.41, 5.74) is 1.99. The number of aromatic nitrogens is 1. The van der Waals surface area contributed by atoms with Crippen LogP contribution < -0.4 is 10.2 Å². The molecule has 1 N–H and O–H groups in total. The van der Waals surface area contributed by atoms with E-state index < -0.39 is 11.6 Å². The Morgan fingerprint density at radius 3 is 2.41 bits per heavy atom. The predicted octanol–water partition coefficient (Wildman–Crippen LogP) is 5.74. The first-order valence-electron chi connectivity index (χ1n) is 13.2. The Kier molecular flexibility index (Phi) is 9.12. The number of pyridine rings is 1. The van der Waals surface area contributed by atoms with Crippen molar-refractivity contribution in [1.82, 2.24) is 20.1 Å². The molecule has 5 rings (SSSR count). The molecule has 208 valence electrons. The van der Waals surface area contributed by atoms with Crippen molar-refractivity contribution in [3.8, 4) is 0 Å². The van der Waals surface area contributed by atoms with Gasteiger partial charge in [-0.25, -0.2) is 13.8 Å². The van der Waals surface area contributed by atoms with Crippen LogP contribution in [0.5, 0.6) is 0 Å². The lowest BCUT2D eigenvalue weighted by atomic mass is 10.0. The van der Waals surface area contributed by atoms with Crippen LogP contribution in [0.4, 0.5) is 14.6 Å². The first-order valence-corrected chi connectivity index (χ1v) is 14.4. The summed E-state index contributed by atoms with van der Waals surface area (Å²) in [6.07, 6.45) is 3.63. The Hall–Kier alpha value is -2.59. The number of piperazine rings is 1. The van der Waals surface area contributed by atoms with Crippen LogP contribution in [0, 0.1) is 11.6 Å². The summed E-state index contributed by atoms with van der Waals surface area (Å²) < 4.78 is 28.2. The molecule has 10 heteroatoms. The van der Waals surface area contributed by atoms with Crippen LogP contribution in [0.15, 0.2) is 59.2 Å². The minimum atomic E-state index is -0.542. The van der Waals surface area contributed by atoms with E-state index in [0.29, 0.717) is 41.1 Å². The van der Waals surface area contributed by atoms with Crippen LogP contribution >= 0.6 is 27.5 Å². The van der Waals surface area contributed by atoms with E-state index in [-0.39, 0.29) is 7.33 Å². The number of piperidine rings is 1. The topological polar surface area (TPSA) is 51.7 Å². The highest BCUT2D eigenvalue weighted by atomic mass is 79.9. The molecule has 1 aromatic heterocycles. The van der Waals surface area contributed by atoms with Gasteiger partial charge in [0.25, 0.3) is 5.91 Å². The van der Waals surface area contributed by atoms with Gasteiger partial charge in [0.05, 0.1) is 10.6 Å². The Morgan fingerprint density at radius 2 is 1.74 bits per heavy atom. The molecular weight excluding hydrogens is 588 g/mol. The predicted molar refractivity (Wildman–Crippen MR) is 155 cm³/mol. The van der Waals surface area contributed by atoms with Gasteiger partial charge in [-0.3, -0.25) is 14.6 Å². The molecule has 2 aliphatic rings. The fourth-order valence-electron chi connectivity index (χ4n) is 5.31. The highest BCUT2D eigenvalue weighted by Crippen LogP contribution is 2.27. The number of carbonyl (C=O) groups excluding carboxylic acids is 1. The minimum absolute atomic E-state index is 0. The summed E-state index contributed by atoms with van der Waals surface area (Å²) in [7, 11) is 0. The van der Waals surface area contributed by atoms with E-state index in [4.69, 9.17) is 11.6 Å². The van der Waals surface area contributed by atoms with E-state index in [0.717, 1.165) is 68.2 Å². The molecule has 0 atom stereocenters. The lowest BCUT2D eigenvalue weighted by molar-refractivity contribution is 0.0950. The van der Waals surface area contributed by atoms with Crippen molar-refractivity contribution in [3.63, 3.8) is 0 Å². The van der Waals surface area contributed by atoms with E-state index in [1.807, 2.05) is 24.3 Å². The smallest absolute Gasteiger partial charge is 0.253 e. The van der Waals surface area contributed by atoms with Crippen molar-refractivity contribution in [2.45, 2.75) is 32.0 Å². The molecule has 0 unspecified atom stereocenters. The number of nitrogens with one attached hydrogen (secondary N) is 1. The Balaban J connectivity index is 0.00000370. The maximum atomic E-state index is 14.0. The van der Waals surface area contributed by atoms with E-state index in [9.17, 15) is 13.6 Å². The first-order chi connectivity index (χ1) is 18.9. The van der Waals surface area contributed by atoms with Gasteiger partial charge in [0.1, 0.15) is 17.5 Å². The fraction of sp³-hybridized carbons (Fsp3) is 0.379. The second-order valence-electron chi connectivity index (χ2n) is 10.1. The second kappa shape index (κ2) is 12.7. The van der Waals surface area contributed by atoms with Crippen LogP contribution in [0.1, 0.15) is 35.8 Å². The number of likely N-dealkylation sites (tertiary alicyclic amines) is 1. The molecule has 0 radical (unpaired) electrons. The highest BCUT2D eigenvalue weighted by molar-refractivity contribution is 9.10. The van der Waals surface area contributed by atoms with Crippen LogP contribution in [-0.2, 0) is 13.1 Å². The van der Waals surface area contributed by atoms with Crippen LogP contribution in [0.2, 0.25) is 5.02 Å². The van der Waals surface area contributed by atoms with Crippen molar-refractivity contribution in [1.29, 1.82) is 0 Å². The molecule has 3 heterocycles. The molecule has 2 aromatic carbocycles. The summed E-state index contributed by atoms with van der Waals surface area (Å²) in [6, 6.07) is 13.8. The Morgan fingerprint density at radius 1 is 1.03 bits per heavy atom. The Labute approximate surface area is 242 Å². The minimum Gasteiger partial charge on any atom is -0.353 e. The van der Waals surface area contributed by atoms with E-state index >= 15 is 0 Å². The number of nitrogens with zero attached hydrogens (tertiary/aromatic N) is 4. The molecule has 0 spiro atoms. The van der Waals surface area contributed by atoms with Gasteiger partial charge in [0, 0.05) is 69.0 Å². The van der Waals surface area contributed by atoms with Gasteiger partial charge < -0.3 is 10.2 Å². The summed E-state index contributed by atoms with van der Waals surface area (Å²) in [5.74, 6) is -0.524. The maximum Gasteiger partial charge on any atom is 0.253 e. The third-order valence-electron chi connectivity index (χ3n) is 7.55. The summed E-state index contributed by atoms with van der Waals surface area (Å²) in [6.45, 7) is 6.15. The molecule has 2 fully saturated rings. The lowest BCUT2D eigenvalue weighted by Gasteiger charge is -2.43. The molecule has 2 saturated heterocycles. The van der Waals surface area contributed by atoms with Crippen molar-refractivity contribution < 1.29 is 15.0 Å². The van der Waals surface area contributed by atoms with Gasteiger partial charge in [0.15, 0.2) is 0 Å². The third-order valence-corrected chi connectivity index (χ3v) is 8.35. The van der Waals surface area contributed by atoms with Crippen LogP contribution in [0.25, 0.3) is 0 Å². The molecule has 1 amide bonds. The number of hydrogen-bond donors (Lipinski definition) is 1. The average Bonchev–Trinajstić information content (AvgIpc) is 2.94. The molecular formula is C29H33BrClF2N5O. The van der Waals surface area contributed by atoms with E-state index in [1.165, 1.54) is 12.1 Å². The number of carbonyl (C=O) groups is 1. The SMILES string of the molecule is O=C(NCc1ccc(Br)cc1)c1cnc(N2CCN(C3CCN(Cc4ccc(F)cc4F)CC3)CC2)c(Cl)c1.[HH]. The van der Waals surface area contributed by atoms with Gasteiger partial charge in [-0.15, -0.1) is 0 Å². The number of amides is 1. The van der Waals surface area contributed by atoms with E-state index in [1.54, 1.807) is 12.3 Å². The summed E-state index contributed by atoms with van der Waals surface area (Å²) in [5, 5.41) is 3.39. The molecule has 0 aliphatic carbocycles. The number of benzene rings is 2. The monoisotopic (exact) mass is 619 g/mol. The molecule has 3 aromatic rings. The standard InChI is InChI=1S/C29H31BrClF2N5O.H2/c30-23-4-1-20(2-5-23)17-35-29(39)22-15-26(31)28(34-18-22)38-13-11-37(12-14-38)25-7-9-36(10-8-25)19-21-3-6-24(32)16-27(21)33;/h1-6,15-16,18,25H,7-14,17,19H2,(H,35,39);1H. The number of hydrogen-bond acceptors (Lipinski definition) is 5. The highest BCUT2D eigenvalue weighted by Gasteiger charge is 2.29. The lowest BCUT2D eigenvalue weighted by Crippen LogP contribution is -2.53. The molecule has 6 nitrogen and oxygen atoms in total. The number of halogens is 4. The zero-order chi connectivity index (χ0) is 27.4. The van der Waals surface area contributed by atoms with Gasteiger partial charge in [0.2, 0.25) is 0 Å². The van der Waals surface area contributed by atoms with E-state index in [2.05, 4.69) is 40.9 Å². The van der Waals surface area contributed by atoms with Crippen molar-refractivity contribution in [2.75, 3.05) is 44.2 Å². The van der Waals surface area contributed by atoms with Gasteiger partial charge in [-0.2, -0.15) is 0 Å². The van der Waals surface area contributed by atoms with Crippen molar-refractivity contribution in [3.05, 3.63) is 92.5 Å². The van der Waals surface area contributed by atoms with Crippen molar-refractivity contribution in [2.24, 2.45) is 0 Å². The first kappa shape index (κ1) is 28.0. The third kappa shape index (κ3) is 7.14. The molecule has 39 heavy (non-hydrogen) atoms. The van der Waals surface area contributed by atoms with Gasteiger partial charge in [-0.05, 0) is 55.8 Å². The van der Waals surface area contributed by atoms with Gasteiger partial charge in [-0.1, -0.05) is 45.7 Å².